The van der Waals surface area contributed by atoms with Crippen LogP contribution in [-0.4, -0.2) is 18.1 Å². The van der Waals surface area contributed by atoms with Crippen LogP contribution in [0.1, 0.15) is 0 Å². The summed E-state index contributed by atoms with van der Waals surface area (Å²) in [5.41, 5.74) is 5.22. The highest BCUT2D eigenvalue weighted by molar-refractivity contribution is 5.85. The van der Waals surface area contributed by atoms with Gasteiger partial charge in [-0.15, -0.1) is 24.8 Å². The van der Waals surface area contributed by atoms with E-state index in [1.807, 2.05) is 12.1 Å². The maximum atomic E-state index is 5.22. The van der Waals surface area contributed by atoms with Crippen LogP contribution in [0.4, 0.5) is 0 Å². The maximum absolute atomic E-state index is 5.22. The summed E-state index contributed by atoms with van der Waals surface area (Å²) in [6.45, 7) is 1.05. The number of halogens is 2. The van der Waals surface area contributed by atoms with Gasteiger partial charge in [0, 0.05) is 18.8 Å². The van der Waals surface area contributed by atoms with E-state index in [9.17, 15) is 0 Å². The largest absolute Gasteiger partial charge is 0.476 e. The molecule has 12 heavy (non-hydrogen) atoms. The molecule has 1 heterocycles. The molecule has 0 aromatic carbocycles. The number of hydrogen-bond donors (Lipinski definition) is 1. The van der Waals surface area contributed by atoms with Crippen LogP contribution in [0.25, 0.3) is 0 Å². The van der Waals surface area contributed by atoms with E-state index >= 15 is 0 Å². The molecule has 0 saturated heterocycles. The Labute approximate surface area is 84.1 Å². The van der Waals surface area contributed by atoms with Gasteiger partial charge < -0.3 is 10.5 Å². The van der Waals surface area contributed by atoms with Crippen molar-refractivity contribution >= 4 is 24.8 Å². The Morgan fingerprint density at radius 3 is 2.58 bits per heavy atom. The molecule has 5 heteroatoms. The first-order valence-electron chi connectivity index (χ1n) is 3.17. The van der Waals surface area contributed by atoms with Gasteiger partial charge in [-0.05, 0) is 6.07 Å². The molecule has 0 atom stereocenters. The third-order valence-corrected chi connectivity index (χ3v) is 1.01. The third kappa shape index (κ3) is 5.18. The van der Waals surface area contributed by atoms with Crippen molar-refractivity contribution in [3.05, 3.63) is 24.4 Å². The molecule has 3 nitrogen and oxygen atoms in total. The standard InChI is InChI=1S/C7H10N2O.2ClH/c8-4-6-10-7-3-1-2-5-9-7;;/h1-3,5H,4,6,8H2;2*1H. The van der Waals surface area contributed by atoms with Gasteiger partial charge in [-0.1, -0.05) is 6.07 Å². The first-order chi connectivity index (χ1) is 4.93. The minimum absolute atomic E-state index is 0. The summed E-state index contributed by atoms with van der Waals surface area (Å²) in [5.74, 6) is 0.632. The summed E-state index contributed by atoms with van der Waals surface area (Å²) in [6, 6.07) is 5.52. The summed E-state index contributed by atoms with van der Waals surface area (Å²) in [4.78, 5) is 3.94. The average molecular weight is 211 g/mol. The molecule has 0 aliphatic carbocycles. The second-order valence-electron chi connectivity index (χ2n) is 1.81. The van der Waals surface area contributed by atoms with Gasteiger partial charge >= 0.3 is 0 Å². The lowest BCUT2D eigenvalue weighted by Crippen LogP contribution is -2.10. The molecule has 1 aromatic rings. The van der Waals surface area contributed by atoms with E-state index < -0.39 is 0 Å². The Hall–Kier alpha value is -0.510. The van der Waals surface area contributed by atoms with Crippen molar-refractivity contribution < 1.29 is 4.74 Å². The second kappa shape index (κ2) is 8.59. The Kier molecular flexibility index (Phi) is 10.0. The SMILES string of the molecule is Cl.Cl.NCCOc1ccccn1. The highest BCUT2D eigenvalue weighted by atomic mass is 35.5. The molecule has 0 amide bonds. The highest BCUT2D eigenvalue weighted by Gasteiger charge is 1.88. The normalized spacial score (nSPS) is 7.75. The van der Waals surface area contributed by atoms with Crippen LogP contribution in [0.3, 0.4) is 0 Å². The first kappa shape index (κ1) is 14.0. The number of aromatic nitrogens is 1. The van der Waals surface area contributed by atoms with E-state index in [0.717, 1.165) is 0 Å². The van der Waals surface area contributed by atoms with Crippen LogP contribution in [0, 0.1) is 0 Å². The number of rotatable bonds is 3. The zero-order valence-corrected chi connectivity index (χ0v) is 8.11. The average Bonchev–Trinajstić information content (AvgIpc) is 2.03. The third-order valence-electron chi connectivity index (χ3n) is 1.01. The van der Waals surface area contributed by atoms with Gasteiger partial charge in [0.05, 0.1) is 0 Å². The van der Waals surface area contributed by atoms with Crippen molar-refractivity contribution in [1.29, 1.82) is 0 Å². The smallest absolute Gasteiger partial charge is 0.213 e. The van der Waals surface area contributed by atoms with Crippen LogP contribution in [0.5, 0.6) is 5.88 Å². The number of ether oxygens (including phenoxy) is 1. The molecule has 0 saturated carbocycles. The van der Waals surface area contributed by atoms with Crippen molar-refractivity contribution in [3.8, 4) is 5.88 Å². The van der Waals surface area contributed by atoms with Crippen LogP contribution >= 0.6 is 24.8 Å². The van der Waals surface area contributed by atoms with Crippen molar-refractivity contribution in [2.75, 3.05) is 13.2 Å². The molecule has 0 bridgehead atoms. The molecular formula is C7H12Cl2N2O. The van der Waals surface area contributed by atoms with Crippen molar-refractivity contribution in [3.63, 3.8) is 0 Å². The van der Waals surface area contributed by atoms with Gasteiger partial charge in [0.15, 0.2) is 0 Å². The van der Waals surface area contributed by atoms with Crippen LogP contribution in [0.15, 0.2) is 24.4 Å². The number of pyridine rings is 1. The van der Waals surface area contributed by atoms with Crippen molar-refractivity contribution in [2.24, 2.45) is 5.73 Å². The number of nitrogens with two attached hydrogens (primary N) is 1. The predicted octanol–water partition coefficient (Wildman–Crippen LogP) is 1.26. The molecular weight excluding hydrogens is 199 g/mol. The Morgan fingerprint density at radius 2 is 2.08 bits per heavy atom. The van der Waals surface area contributed by atoms with E-state index in [1.165, 1.54) is 0 Å². The van der Waals surface area contributed by atoms with Crippen LogP contribution in [0.2, 0.25) is 0 Å². The monoisotopic (exact) mass is 210 g/mol. The zero-order valence-electron chi connectivity index (χ0n) is 6.47. The van der Waals surface area contributed by atoms with Crippen molar-refractivity contribution in [1.82, 2.24) is 4.98 Å². The topological polar surface area (TPSA) is 48.1 Å². The maximum Gasteiger partial charge on any atom is 0.213 e. The number of hydrogen-bond acceptors (Lipinski definition) is 3. The molecule has 0 unspecified atom stereocenters. The van der Waals surface area contributed by atoms with E-state index in [-0.39, 0.29) is 24.8 Å². The second-order valence-corrected chi connectivity index (χ2v) is 1.81. The first-order valence-corrected chi connectivity index (χ1v) is 3.17. The lowest BCUT2D eigenvalue weighted by Gasteiger charge is -2.00. The van der Waals surface area contributed by atoms with Gasteiger partial charge in [-0.2, -0.15) is 0 Å². The van der Waals surface area contributed by atoms with Crippen molar-refractivity contribution in [2.45, 2.75) is 0 Å². The fourth-order valence-electron chi connectivity index (χ4n) is 0.596. The van der Waals surface area contributed by atoms with Gasteiger partial charge in [-0.3, -0.25) is 0 Å². The molecule has 1 aromatic heterocycles. The molecule has 70 valence electrons. The van der Waals surface area contributed by atoms with Crippen LogP contribution in [-0.2, 0) is 0 Å². The van der Waals surface area contributed by atoms with Gasteiger partial charge in [-0.25, -0.2) is 4.98 Å². The summed E-state index contributed by atoms with van der Waals surface area (Å²) >= 11 is 0. The van der Waals surface area contributed by atoms with Crippen LogP contribution < -0.4 is 10.5 Å². The van der Waals surface area contributed by atoms with Gasteiger partial charge in [0.1, 0.15) is 6.61 Å². The van der Waals surface area contributed by atoms with E-state index in [1.54, 1.807) is 12.3 Å². The quantitative estimate of drug-likeness (QED) is 0.818. The Bertz CT molecular complexity index is 184. The lowest BCUT2D eigenvalue weighted by atomic mass is 10.5. The predicted molar refractivity (Wildman–Crippen MR) is 53.3 cm³/mol. The van der Waals surface area contributed by atoms with E-state index in [4.69, 9.17) is 10.5 Å². The molecule has 0 aliphatic rings. The summed E-state index contributed by atoms with van der Waals surface area (Å²) in [5, 5.41) is 0. The molecule has 0 aliphatic heterocycles. The summed E-state index contributed by atoms with van der Waals surface area (Å²) < 4.78 is 5.12. The van der Waals surface area contributed by atoms with E-state index in [2.05, 4.69) is 4.98 Å². The lowest BCUT2D eigenvalue weighted by molar-refractivity contribution is 0.315. The molecule has 0 fully saturated rings. The number of nitrogens with zero attached hydrogens (tertiary/aromatic N) is 1. The van der Waals surface area contributed by atoms with E-state index in [0.29, 0.717) is 19.0 Å². The molecule has 1 rings (SSSR count). The minimum atomic E-state index is 0. The minimum Gasteiger partial charge on any atom is -0.476 e. The zero-order chi connectivity index (χ0) is 7.23. The fourth-order valence-corrected chi connectivity index (χ4v) is 0.596. The molecule has 0 spiro atoms. The Morgan fingerprint density at radius 1 is 1.33 bits per heavy atom. The fraction of sp³-hybridized carbons (Fsp3) is 0.286. The Balaban J connectivity index is 0. The molecule has 2 N–H and O–H groups in total. The van der Waals surface area contributed by atoms with Gasteiger partial charge in [0.2, 0.25) is 5.88 Å². The summed E-state index contributed by atoms with van der Waals surface area (Å²) in [7, 11) is 0. The van der Waals surface area contributed by atoms with Gasteiger partial charge in [0.25, 0.3) is 0 Å². The summed E-state index contributed by atoms with van der Waals surface area (Å²) in [6.07, 6.45) is 1.69. The molecule has 0 radical (unpaired) electrons. The highest BCUT2D eigenvalue weighted by Crippen LogP contribution is 2.01.